The maximum Gasteiger partial charge on any atom is 0.354 e. The fourth-order valence-corrected chi connectivity index (χ4v) is 2.53. The molecule has 0 amide bonds. The van der Waals surface area contributed by atoms with E-state index >= 15 is 0 Å². The van der Waals surface area contributed by atoms with E-state index in [2.05, 4.69) is 0 Å². The molecule has 0 saturated carbocycles. The van der Waals surface area contributed by atoms with E-state index in [4.69, 9.17) is 27.6 Å². The molecule has 2 aromatic carbocycles. The molecule has 0 aliphatic carbocycles. The van der Waals surface area contributed by atoms with Gasteiger partial charge in [0.15, 0.2) is 0 Å². The Balaban J connectivity index is 2.22. The Hall–Kier alpha value is -2.54. The lowest BCUT2D eigenvalue weighted by atomic mass is 10.0. The summed E-state index contributed by atoms with van der Waals surface area (Å²) < 4.78 is 5.16. The van der Waals surface area contributed by atoms with E-state index in [0.717, 1.165) is 5.56 Å². The van der Waals surface area contributed by atoms with Gasteiger partial charge in [0.2, 0.25) is 0 Å². The molecule has 1 heterocycles. The van der Waals surface area contributed by atoms with Crippen LogP contribution in [-0.4, -0.2) is 0 Å². The molecule has 112 valence electrons. The van der Waals surface area contributed by atoms with Gasteiger partial charge in [-0.1, -0.05) is 47.5 Å². The van der Waals surface area contributed by atoms with Crippen LogP contribution in [-0.2, 0) is 0 Å². The minimum absolute atomic E-state index is 0.0509. The van der Waals surface area contributed by atoms with Gasteiger partial charge in [0, 0.05) is 21.0 Å². The minimum atomic E-state index is -0.668. The van der Waals surface area contributed by atoms with Gasteiger partial charge in [0.25, 0.3) is 0 Å². The normalized spacial score (nSPS) is 11.0. The van der Waals surface area contributed by atoms with Crippen LogP contribution in [0, 0.1) is 11.3 Å². The fraction of sp³-hybridized carbons (Fsp3) is 0. The van der Waals surface area contributed by atoms with Crippen molar-refractivity contribution in [1.29, 1.82) is 5.26 Å². The third kappa shape index (κ3) is 3.14. The smallest absolute Gasteiger partial charge is 0.354 e. The van der Waals surface area contributed by atoms with Gasteiger partial charge >= 0.3 is 5.63 Å². The molecule has 5 heteroatoms. The number of benzene rings is 2. The molecular formula is C18H9Cl2NO2. The van der Waals surface area contributed by atoms with Crippen molar-refractivity contribution in [3.63, 3.8) is 0 Å². The van der Waals surface area contributed by atoms with E-state index in [1.54, 1.807) is 42.5 Å². The number of nitrogens with zero attached hydrogens (tertiary/aromatic N) is 1. The molecule has 0 fully saturated rings. The summed E-state index contributed by atoms with van der Waals surface area (Å²) in [6, 6.07) is 14.0. The Bertz CT molecular complexity index is 1010. The van der Waals surface area contributed by atoms with E-state index in [9.17, 15) is 10.1 Å². The van der Waals surface area contributed by atoms with Crippen LogP contribution >= 0.6 is 23.2 Å². The predicted molar refractivity (Wildman–Crippen MR) is 92.6 cm³/mol. The first-order valence-electron chi connectivity index (χ1n) is 6.68. The SMILES string of the molecule is N#Cc1c(/C=C/c2ccc(Cl)cc2)c2cc(Cl)ccc2oc1=O. The molecule has 0 saturated heterocycles. The molecule has 0 atom stereocenters. The first-order chi connectivity index (χ1) is 11.1. The van der Waals surface area contributed by atoms with Gasteiger partial charge in [0.1, 0.15) is 17.2 Å². The quantitative estimate of drug-likeness (QED) is 0.606. The Morgan fingerprint density at radius 2 is 1.70 bits per heavy atom. The summed E-state index contributed by atoms with van der Waals surface area (Å²) in [6.45, 7) is 0. The van der Waals surface area contributed by atoms with Gasteiger partial charge in [-0.25, -0.2) is 4.79 Å². The maximum absolute atomic E-state index is 12.0. The second-order valence-electron chi connectivity index (χ2n) is 4.82. The molecule has 0 unspecified atom stereocenters. The van der Waals surface area contributed by atoms with E-state index in [0.29, 0.717) is 26.6 Å². The fourth-order valence-electron chi connectivity index (χ4n) is 2.23. The summed E-state index contributed by atoms with van der Waals surface area (Å²) in [7, 11) is 0. The molecule has 3 nitrogen and oxygen atoms in total. The average molecular weight is 342 g/mol. The monoisotopic (exact) mass is 341 g/mol. The molecule has 1 aromatic heterocycles. The van der Waals surface area contributed by atoms with Gasteiger partial charge in [-0.15, -0.1) is 0 Å². The van der Waals surface area contributed by atoms with Crippen LogP contribution in [0.3, 0.4) is 0 Å². The summed E-state index contributed by atoms with van der Waals surface area (Å²) in [6.07, 6.45) is 3.50. The summed E-state index contributed by atoms with van der Waals surface area (Å²) in [5.74, 6) is 0. The van der Waals surface area contributed by atoms with Crippen LogP contribution < -0.4 is 5.63 Å². The van der Waals surface area contributed by atoms with Crippen LogP contribution in [0.25, 0.3) is 23.1 Å². The number of hydrogen-bond donors (Lipinski definition) is 0. The van der Waals surface area contributed by atoms with Crippen molar-refractivity contribution < 1.29 is 4.42 Å². The molecular weight excluding hydrogens is 333 g/mol. The Morgan fingerprint density at radius 3 is 2.39 bits per heavy atom. The highest BCUT2D eigenvalue weighted by Gasteiger charge is 2.12. The van der Waals surface area contributed by atoms with Crippen LogP contribution in [0.2, 0.25) is 10.0 Å². The van der Waals surface area contributed by atoms with Gasteiger partial charge < -0.3 is 4.42 Å². The lowest BCUT2D eigenvalue weighted by Gasteiger charge is -2.04. The second-order valence-corrected chi connectivity index (χ2v) is 5.69. The zero-order valence-electron chi connectivity index (χ0n) is 11.7. The van der Waals surface area contributed by atoms with Crippen molar-refractivity contribution in [3.05, 3.63) is 79.6 Å². The minimum Gasteiger partial charge on any atom is -0.422 e. The van der Waals surface area contributed by atoms with Crippen molar-refractivity contribution >= 4 is 46.3 Å². The topological polar surface area (TPSA) is 54.0 Å². The van der Waals surface area contributed by atoms with Crippen LogP contribution in [0.15, 0.2) is 51.7 Å². The molecule has 0 radical (unpaired) electrons. The van der Waals surface area contributed by atoms with Crippen LogP contribution in [0.1, 0.15) is 16.7 Å². The average Bonchev–Trinajstić information content (AvgIpc) is 2.54. The van der Waals surface area contributed by atoms with Crippen molar-refractivity contribution in [2.75, 3.05) is 0 Å². The number of rotatable bonds is 2. The number of halogens is 2. The van der Waals surface area contributed by atoms with Crippen molar-refractivity contribution in [2.24, 2.45) is 0 Å². The maximum atomic E-state index is 12.0. The van der Waals surface area contributed by atoms with Gasteiger partial charge in [-0.05, 0) is 35.9 Å². The zero-order chi connectivity index (χ0) is 16.4. The highest BCUT2D eigenvalue weighted by molar-refractivity contribution is 6.31. The lowest BCUT2D eigenvalue weighted by molar-refractivity contribution is 0.558. The largest absolute Gasteiger partial charge is 0.422 e. The number of nitriles is 1. The molecule has 3 rings (SSSR count). The zero-order valence-corrected chi connectivity index (χ0v) is 13.2. The van der Waals surface area contributed by atoms with Crippen molar-refractivity contribution in [3.8, 4) is 6.07 Å². The second kappa shape index (κ2) is 6.29. The van der Waals surface area contributed by atoms with Crippen LogP contribution in [0.5, 0.6) is 0 Å². The molecule has 0 aliphatic rings. The third-order valence-corrected chi connectivity index (χ3v) is 3.82. The van der Waals surface area contributed by atoms with E-state index < -0.39 is 5.63 Å². The first-order valence-corrected chi connectivity index (χ1v) is 7.44. The van der Waals surface area contributed by atoms with E-state index in [-0.39, 0.29) is 5.56 Å². The lowest BCUT2D eigenvalue weighted by Crippen LogP contribution is -2.06. The summed E-state index contributed by atoms with van der Waals surface area (Å²) in [5.41, 5.74) is 1.04. The number of fused-ring (bicyclic) bond motifs is 1. The molecule has 0 spiro atoms. The highest BCUT2D eigenvalue weighted by atomic mass is 35.5. The third-order valence-electron chi connectivity index (χ3n) is 3.33. The molecule has 0 bridgehead atoms. The molecule has 0 aliphatic heterocycles. The molecule has 23 heavy (non-hydrogen) atoms. The Labute approximate surface area is 142 Å². The Morgan fingerprint density at radius 1 is 1.00 bits per heavy atom. The van der Waals surface area contributed by atoms with Crippen molar-refractivity contribution in [2.45, 2.75) is 0 Å². The predicted octanol–water partition coefficient (Wildman–Crippen LogP) is 5.14. The summed E-state index contributed by atoms with van der Waals surface area (Å²) >= 11 is 11.9. The standard InChI is InChI=1S/C18H9Cl2NO2/c19-12-4-1-11(2-5-12)3-7-14-15-9-13(20)6-8-17(15)23-18(22)16(14)10-21/h1-9H/b7-3+. The summed E-state index contributed by atoms with van der Waals surface area (Å²) in [5, 5.41) is 11.0. The molecule has 0 N–H and O–H groups in total. The van der Waals surface area contributed by atoms with E-state index in [1.807, 2.05) is 18.2 Å². The van der Waals surface area contributed by atoms with Crippen molar-refractivity contribution in [1.82, 2.24) is 0 Å². The summed E-state index contributed by atoms with van der Waals surface area (Å²) in [4.78, 5) is 12.0. The van der Waals surface area contributed by atoms with E-state index in [1.165, 1.54) is 0 Å². The van der Waals surface area contributed by atoms with Gasteiger partial charge in [-0.2, -0.15) is 5.26 Å². The first kappa shape index (κ1) is 15.4. The van der Waals surface area contributed by atoms with Gasteiger partial charge in [0.05, 0.1) is 0 Å². The Kier molecular flexibility index (Phi) is 4.20. The van der Waals surface area contributed by atoms with Gasteiger partial charge in [-0.3, -0.25) is 0 Å². The highest BCUT2D eigenvalue weighted by Crippen LogP contribution is 2.25. The van der Waals surface area contributed by atoms with Crippen LogP contribution in [0.4, 0.5) is 0 Å². The number of hydrogen-bond acceptors (Lipinski definition) is 3. The molecule has 3 aromatic rings.